The van der Waals surface area contributed by atoms with Gasteiger partial charge in [0.05, 0.1) is 0 Å². The van der Waals surface area contributed by atoms with Crippen molar-refractivity contribution in [2.24, 2.45) is 17.6 Å². The van der Waals surface area contributed by atoms with Crippen LogP contribution in [0.2, 0.25) is 0 Å². The number of rotatable bonds is 5. The molecule has 2 unspecified atom stereocenters. The number of likely N-dealkylation sites (tertiary alicyclic amines) is 1. The zero-order valence-corrected chi connectivity index (χ0v) is 13.0. The van der Waals surface area contributed by atoms with Crippen LogP contribution in [0.1, 0.15) is 20.3 Å². The summed E-state index contributed by atoms with van der Waals surface area (Å²) in [7, 11) is 2.22. The van der Waals surface area contributed by atoms with Crippen LogP contribution in [-0.4, -0.2) is 80.1 Å². The molecular formula is C15H32N4. The fourth-order valence-electron chi connectivity index (χ4n) is 3.45. The van der Waals surface area contributed by atoms with Gasteiger partial charge in [-0.1, -0.05) is 0 Å². The molecule has 0 radical (unpaired) electrons. The lowest BCUT2D eigenvalue weighted by Gasteiger charge is -2.36. The second-order valence-electron chi connectivity index (χ2n) is 6.74. The molecule has 2 aliphatic rings. The molecule has 0 aromatic carbocycles. The number of nitrogens with two attached hydrogens (primary N) is 1. The number of hydrogen-bond acceptors (Lipinski definition) is 4. The van der Waals surface area contributed by atoms with Gasteiger partial charge in [-0.2, -0.15) is 0 Å². The Morgan fingerprint density at radius 1 is 1.11 bits per heavy atom. The summed E-state index contributed by atoms with van der Waals surface area (Å²) < 4.78 is 0. The molecule has 0 saturated carbocycles. The second-order valence-corrected chi connectivity index (χ2v) is 6.74. The lowest BCUT2D eigenvalue weighted by Crippen LogP contribution is -2.48. The summed E-state index contributed by atoms with van der Waals surface area (Å²) in [6.45, 7) is 14.0. The van der Waals surface area contributed by atoms with Gasteiger partial charge in [0.15, 0.2) is 0 Å². The van der Waals surface area contributed by atoms with Crippen LogP contribution in [0.4, 0.5) is 0 Å². The molecular weight excluding hydrogens is 236 g/mol. The Kier molecular flexibility index (Phi) is 5.63. The van der Waals surface area contributed by atoms with Gasteiger partial charge >= 0.3 is 0 Å². The first-order valence-corrected chi connectivity index (χ1v) is 7.95. The lowest BCUT2D eigenvalue weighted by molar-refractivity contribution is 0.121. The van der Waals surface area contributed by atoms with Crippen LogP contribution in [0, 0.1) is 11.8 Å². The number of hydrogen-bond donors (Lipinski definition) is 1. The first-order chi connectivity index (χ1) is 9.10. The Bertz CT molecular complexity index is 261. The van der Waals surface area contributed by atoms with Crippen molar-refractivity contribution in [1.82, 2.24) is 14.7 Å². The molecule has 0 aliphatic carbocycles. The van der Waals surface area contributed by atoms with E-state index in [0.29, 0.717) is 12.0 Å². The molecule has 0 aromatic rings. The van der Waals surface area contributed by atoms with Gasteiger partial charge in [0, 0.05) is 45.3 Å². The molecule has 2 heterocycles. The Hall–Kier alpha value is -0.160. The molecule has 2 atom stereocenters. The van der Waals surface area contributed by atoms with Gasteiger partial charge in [-0.15, -0.1) is 0 Å². The summed E-state index contributed by atoms with van der Waals surface area (Å²) in [6, 6.07) is 0.687. The normalized spacial score (nSPS) is 29.2. The Balaban J connectivity index is 1.80. The highest BCUT2D eigenvalue weighted by Gasteiger charge is 2.31. The molecule has 2 aliphatic heterocycles. The number of likely N-dealkylation sites (N-methyl/N-ethyl adjacent to an activating group) is 1. The third-order valence-corrected chi connectivity index (χ3v) is 5.04. The summed E-state index contributed by atoms with van der Waals surface area (Å²) in [5.74, 6) is 1.50. The molecule has 2 N–H and O–H groups in total. The molecule has 4 heteroatoms. The zero-order valence-electron chi connectivity index (χ0n) is 13.0. The molecule has 2 fully saturated rings. The van der Waals surface area contributed by atoms with Crippen LogP contribution in [0.3, 0.4) is 0 Å². The lowest BCUT2D eigenvalue weighted by atomic mass is 9.91. The van der Waals surface area contributed by atoms with Gasteiger partial charge < -0.3 is 20.4 Å². The Labute approximate surface area is 118 Å². The van der Waals surface area contributed by atoms with E-state index in [1.165, 1.54) is 52.2 Å². The highest BCUT2D eigenvalue weighted by atomic mass is 15.2. The standard InChI is InChI=1S/C15H32N4/c1-13(2)19-5-4-14(12-19)15(10-16)11-18-8-6-17(3)7-9-18/h13-15H,4-12,16H2,1-3H3. The fraction of sp³-hybridized carbons (Fsp3) is 1.00. The predicted octanol–water partition coefficient (Wildman–Crippen LogP) is 0.539. The maximum atomic E-state index is 6.06. The van der Waals surface area contributed by atoms with Crippen LogP contribution in [-0.2, 0) is 0 Å². The SMILES string of the molecule is CC(C)N1CCC(C(CN)CN2CCN(C)CC2)C1. The van der Waals surface area contributed by atoms with E-state index in [-0.39, 0.29) is 0 Å². The van der Waals surface area contributed by atoms with Crippen molar-refractivity contribution in [3.05, 3.63) is 0 Å². The Morgan fingerprint density at radius 2 is 1.79 bits per heavy atom. The highest BCUT2D eigenvalue weighted by molar-refractivity contribution is 4.85. The molecule has 0 aromatic heterocycles. The number of piperazine rings is 1. The largest absolute Gasteiger partial charge is 0.330 e. The molecule has 4 nitrogen and oxygen atoms in total. The van der Waals surface area contributed by atoms with Gasteiger partial charge in [0.1, 0.15) is 0 Å². The van der Waals surface area contributed by atoms with Crippen LogP contribution >= 0.6 is 0 Å². The van der Waals surface area contributed by atoms with E-state index in [9.17, 15) is 0 Å². The highest BCUT2D eigenvalue weighted by Crippen LogP contribution is 2.26. The van der Waals surface area contributed by atoms with E-state index in [1.54, 1.807) is 0 Å². The summed E-state index contributed by atoms with van der Waals surface area (Å²) in [5.41, 5.74) is 6.06. The zero-order chi connectivity index (χ0) is 13.8. The van der Waals surface area contributed by atoms with E-state index in [0.717, 1.165) is 12.5 Å². The molecule has 0 amide bonds. The number of nitrogens with zero attached hydrogens (tertiary/aromatic N) is 3. The van der Waals surface area contributed by atoms with Crippen molar-refractivity contribution in [3.63, 3.8) is 0 Å². The summed E-state index contributed by atoms with van der Waals surface area (Å²) in [5, 5.41) is 0. The first kappa shape index (κ1) is 15.2. The van der Waals surface area contributed by atoms with Crippen LogP contribution < -0.4 is 5.73 Å². The summed E-state index contributed by atoms with van der Waals surface area (Å²) in [4.78, 5) is 7.65. The minimum atomic E-state index is 0.687. The van der Waals surface area contributed by atoms with E-state index >= 15 is 0 Å². The minimum absolute atomic E-state index is 0.687. The van der Waals surface area contributed by atoms with E-state index in [4.69, 9.17) is 5.73 Å². The maximum Gasteiger partial charge on any atom is 0.0110 e. The monoisotopic (exact) mass is 268 g/mol. The molecule has 2 saturated heterocycles. The molecule has 112 valence electrons. The smallest absolute Gasteiger partial charge is 0.0110 e. The molecule has 19 heavy (non-hydrogen) atoms. The molecule has 0 spiro atoms. The summed E-state index contributed by atoms with van der Waals surface area (Å²) in [6.07, 6.45) is 1.34. The predicted molar refractivity (Wildman–Crippen MR) is 81.3 cm³/mol. The van der Waals surface area contributed by atoms with Crippen molar-refractivity contribution in [1.29, 1.82) is 0 Å². The van der Waals surface area contributed by atoms with Crippen molar-refractivity contribution >= 4 is 0 Å². The van der Waals surface area contributed by atoms with Gasteiger partial charge in [-0.25, -0.2) is 0 Å². The second kappa shape index (κ2) is 7.02. The van der Waals surface area contributed by atoms with Crippen LogP contribution in [0.15, 0.2) is 0 Å². The van der Waals surface area contributed by atoms with Crippen LogP contribution in [0.25, 0.3) is 0 Å². The van der Waals surface area contributed by atoms with Crippen molar-refractivity contribution in [2.45, 2.75) is 26.3 Å². The Morgan fingerprint density at radius 3 is 2.32 bits per heavy atom. The maximum absolute atomic E-state index is 6.06. The van der Waals surface area contributed by atoms with Gasteiger partial charge in [-0.05, 0) is 52.2 Å². The van der Waals surface area contributed by atoms with Crippen molar-refractivity contribution in [3.8, 4) is 0 Å². The summed E-state index contributed by atoms with van der Waals surface area (Å²) >= 11 is 0. The topological polar surface area (TPSA) is 35.7 Å². The first-order valence-electron chi connectivity index (χ1n) is 7.95. The van der Waals surface area contributed by atoms with Gasteiger partial charge in [0.25, 0.3) is 0 Å². The van der Waals surface area contributed by atoms with Crippen LogP contribution in [0.5, 0.6) is 0 Å². The van der Waals surface area contributed by atoms with Crippen molar-refractivity contribution in [2.75, 3.05) is 59.4 Å². The quantitative estimate of drug-likeness (QED) is 0.789. The average Bonchev–Trinajstić information content (AvgIpc) is 2.88. The van der Waals surface area contributed by atoms with E-state index < -0.39 is 0 Å². The van der Waals surface area contributed by atoms with Gasteiger partial charge in [0.2, 0.25) is 0 Å². The van der Waals surface area contributed by atoms with Crippen molar-refractivity contribution < 1.29 is 0 Å². The molecule has 0 bridgehead atoms. The minimum Gasteiger partial charge on any atom is -0.330 e. The average molecular weight is 268 g/mol. The fourth-order valence-corrected chi connectivity index (χ4v) is 3.45. The third-order valence-electron chi connectivity index (χ3n) is 5.04. The van der Waals surface area contributed by atoms with Gasteiger partial charge in [-0.3, -0.25) is 0 Å². The van der Waals surface area contributed by atoms with E-state index in [1.807, 2.05) is 0 Å². The molecule has 2 rings (SSSR count). The van der Waals surface area contributed by atoms with E-state index in [2.05, 4.69) is 35.6 Å². The third kappa shape index (κ3) is 4.15.